The van der Waals surface area contributed by atoms with E-state index in [-0.39, 0.29) is 36.9 Å². The first-order valence-electron chi connectivity index (χ1n) is 26.2. The normalized spacial score (nSPS) is 22.2. The number of esters is 1. The maximum Gasteiger partial charge on any atom is 0.416 e. The molecule has 2 aromatic carbocycles. The molecule has 2 aromatic heterocycles. The molecule has 4 aromatic rings. The number of benzene rings is 2. The quantitative estimate of drug-likeness (QED) is 0.0678. The third-order valence-corrected chi connectivity index (χ3v) is 15.3. The van der Waals surface area contributed by atoms with E-state index < -0.39 is 60.0 Å². The predicted molar refractivity (Wildman–Crippen MR) is 274 cm³/mol. The van der Waals surface area contributed by atoms with Crippen LogP contribution in [0.2, 0.25) is 0 Å². The molecule has 2 aliphatic carbocycles. The third kappa shape index (κ3) is 13.4. The van der Waals surface area contributed by atoms with Gasteiger partial charge in [0.2, 0.25) is 0 Å². The molecule has 0 N–H and O–H groups in total. The summed E-state index contributed by atoms with van der Waals surface area (Å²) < 4.78 is 96.6. The summed E-state index contributed by atoms with van der Waals surface area (Å²) in [6.07, 6.45) is -1.39. The molecule has 2 amide bonds. The highest BCUT2D eigenvalue weighted by Gasteiger charge is 2.44. The van der Waals surface area contributed by atoms with Gasteiger partial charge in [-0.15, -0.1) is 0 Å². The van der Waals surface area contributed by atoms with Crippen LogP contribution in [0.1, 0.15) is 153 Å². The van der Waals surface area contributed by atoms with Gasteiger partial charge < -0.3 is 24.0 Å². The summed E-state index contributed by atoms with van der Waals surface area (Å²) in [5, 5.41) is 0. The minimum Gasteiger partial charge on any atom is -0.469 e. The van der Waals surface area contributed by atoms with E-state index >= 15 is 0 Å². The van der Waals surface area contributed by atoms with Gasteiger partial charge in [-0.25, -0.2) is 19.6 Å². The van der Waals surface area contributed by atoms with E-state index in [1.165, 1.54) is 7.11 Å². The van der Waals surface area contributed by atoms with Crippen LogP contribution in [0.15, 0.2) is 60.9 Å². The fourth-order valence-electron chi connectivity index (χ4n) is 11.3. The Balaban J connectivity index is 0.000000222. The molecule has 8 rings (SSSR count). The van der Waals surface area contributed by atoms with Crippen molar-refractivity contribution in [2.24, 2.45) is 5.92 Å². The van der Waals surface area contributed by atoms with Gasteiger partial charge in [-0.2, -0.15) is 26.3 Å². The molecular weight excluding hydrogens is 995 g/mol. The lowest BCUT2D eigenvalue weighted by Gasteiger charge is -2.38. The largest absolute Gasteiger partial charge is 0.469 e. The van der Waals surface area contributed by atoms with Crippen LogP contribution in [-0.2, 0) is 49.2 Å². The average molecular weight is 1070 g/mol. The molecule has 4 fully saturated rings. The number of halogens is 6. The number of anilines is 2. The number of hydrogen-bond donors (Lipinski definition) is 0. The predicted octanol–water partition coefficient (Wildman–Crippen LogP) is 12.9. The standard InChI is InChI=1S/C30H38F3N3O4.C27H32F3N3O3/c1-6-35(25-9-7-21(8-10-25)14-26(37)39-5)28-23(12-19(3)16-34-28)17-36-20(4)27(40-29(36)38)22-11-18(2)13-24(15-22)30(31,32)33;1-5-32(22-6-8-23(34)9-7-22)25-20(11-17(3)14-31-25)15-33-18(4)24(36-26(33)35)19-10-16(2)12-21(13-19)27(28,29)30/h11-13,15-16,20-21,25,27H,6-10,14,17H2,1-5H3;10-14,18,22,24H,5-9,15H2,1-4H3/t20-,21?,25?,27-;18-,24-/m00/s1. The first-order chi connectivity index (χ1) is 35.9. The summed E-state index contributed by atoms with van der Waals surface area (Å²) in [4.78, 5) is 66.5. The Kier molecular flexibility index (Phi) is 18.0. The molecule has 0 spiro atoms. The number of amides is 2. The topological polar surface area (TPSA) is 135 Å². The van der Waals surface area contributed by atoms with E-state index in [1.54, 1.807) is 55.8 Å². The number of nitrogens with zero attached hydrogens (tertiary/aromatic N) is 6. The van der Waals surface area contributed by atoms with Crippen molar-refractivity contribution in [1.82, 2.24) is 19.8 Å². The van der Waals surface area contributed by atoms with Crippen LogP contribution >= 0.6 is 0 Å². The molecule has 412 valence electrons. The molecule has 0 radical (unpaired) electrons. The summed E-state index contributed by atoms with van der Waals surface area (Å²) in [6.45, 7) is 16.6. The smallest absolute Gasteiger partial charge is 0.416 e. The van der Waals surface area contributed by atoms with Gasteiger partial charge >= 0.3 is 30.5 Å². The molecule has 4 atom stereocenters. The number of rotatable bonds is 14. The Hall–Kier alpha value is -6.40. The van der Waals surface area contributed by atoms with Crippen LogP contribution in [0.5, 0.6) is 0 Å². The first-order valence-corrected chi connectivity index (χ1v) is 26.2. The van der Waals surface area contributed by atoms with Gasteiger partial charge in [0.1, 0.15) is 29.6 Å². The number of hydrogen-bond acceptors (Lipinski definition) is 11. The lowest BCUT2D eigenvalue weighted by Crippen LogP contribution is -2.40. The number of pyridine rings is 2. The molecule has 4 aliphatic rings. The molecule has 0 unspecified atom stereocenters. The maximum absolute atomic E-state index is 13.5. The Labute approximate surface area is 441 Å². The molecule has 2 saturated carbocycles. The van der Waals surface area contributed by atoms with E-state index in [0.717, 1.165) is 103 Å². The van der Waals surface area contributed by atoms with E-state index in [2.05, 4.69) is 16.7 Å². The number of cyclic esters (lactones) is 2. The second kappa shape index (κ2) is 23.9. The van der Waals surface area contributed by atoms with Crippen LogP contribution in [0.3, 0.4) is 0 Å². The Morgan fingerprint density at radius 2 is 1.03 bits per heavy atom. The Morgan fingerprint density at radius 1 is 0.618 bits per heavy atom. The van der Waals surface area contributed by atoms with Crippen LogP contribution < -0.4 is 9.80 Å². The van der Waals surface area contributed by atoms with Gasteiger partial charge in [-0.1, -0.05) is 23.3 Å². The van der Waals surface area contributed by atoms with Crippen molar-refractivity contribution in [3.8, 4) is 0 Å². The fraction of sp³-hybridized carbons (Fsp3) is 0.544. The van der Waals surface area contributed by atoms with Crippen LogP contribution in [0, 0.1) is 33.6 Å². The summed E-state index contributed by atoms with van der Waals surface area (Å²) in [7, 11) is 1.41. The number of ether oxygens (including phenoxy) is 3. The Morgan fingerprint density at radius 3 is 1.41 bits per heavy atom. The molecule has 2 aliphatic heterocycles. The molecular formula is C57H70F6N6O7. The summed E-state index contributed by atoms with van der Waals surface area (Å²) >= 11 is 0. The van der Waals surface area contributed by atoms with Crippen molar-refractivity contribution in [1.29, 1.82) is 0 Å². The Bertz CT molecular complexity index is 2740. The van der Waals surface area contributed by atoms with Crippen molar-refractivity contribution in [2.45, 2.75) is 175 Å². The minimum absolute atomic E-state index is 0.177. The van der Waals surface area contributed by atoms with Gasteiger partial charge in [-0.05, 0) is 158 Å². The van der Waals surface area contributed by atoms with Gasteiger partial charge in [0.25, 0.3) is 0 Å². The number of Topliss-reactive ketones (excluding diaryl/α,β-unsaturated/α-hetero) is 1. The summed E-state index contributed by atoms with van der Waals surface area (Å²) in [5.74, 6) is 1.97. The maximum atomic E-state index is 13.5. The number of carbonyl (C=O) groups excluding carboxylic acids is 4. The molecule has 0 bridgehead atoms. The number of alkyl halides is 6. The second-order valence-electron chi connectivity index (χ2n) is 20.9. The first kappa shape index (κ1) is 57.3. The number of aryl methyl sites for hydroxylation is 4. The second-order valence-corrected chi connectivity index (χ2v) is 20.9. The lowest BCUT2D eigenvalue weighted by atomic mass is 9.83. The van der Waals surface area contributed by atoms with Crippen LogP contribution in [-0.4, -0.2) is 88.1 Å². The van der Waals surface area contributed by atoms with E-state index in [1.807, 2.05) is 39.1 Å². The molecule has 4 heterocycles. The zero-order chi connectivity index (χ0) is 55.4. The zero-order valence-electron chi connectivity index (χ0n) is 44.8. The van der Waals surface area contributed by atoms with Crippen LogP contribution in [0.25, 0.3) is 0 Å². The molecule has 2 saturated heterocycles. The van der Waals surface area contributed by atoms with E-state index in [0.29, 0.717) is 54.0 Å². The average Bonchev–Trinajstić information content (AvgIpc) is 3.82. The van der Waals surface area contributed by atoms with Gasteiger partial charge in [-0.3, -0.25) is 19.4 Å². The minimum atomic E-state index is -4.49. The van der Waals surface area contributed by atoms with E-state index in [4.69, 9.17) is 24.2 Å². The third-order valence-electron chi connectivity index (χ3n) is 15.3. The fourth-order valence-corrected chi connectivity index (χ4v) is 11.3. The van der Waals surface area contributed by atoms with Crippen molar-refractivity contribution in [3.63, 3.8) is 0 Å². The SMILES string of the molecule is CCN(c1ncc(C)cc1CN1C(=O)O[C@H](c2cc(C)cc(C(F)(F)F)c2)[C@@H]1C)C1CCC(=O)CC1.CCN(c1ncc(C)cc1CN1C(=O)O[C@H](c2cc(C)cc(C(F)(F)F)c2)[C@@H]1C)C1CCC(CC(=O)OC)CC1. The van der Waals surface area contributed by atoms with E-state index in [9.17, 15) is 45.5 Å². The van der Waals surface area contributed by atoms with Gasteiger partial charge in [0.15, 0.2) is 0 Å². The van der Waals surface area contributed by atoms with Gasteiger partial charge in [0.05, 0.1) is 43.4 Å². The highest BCUT2D eigenvalue weighted by Crippen LogP contribution is 2.41. The summed E-state index contributed by atoms with van der Waals surface area (Å²) in [6, 6.07) is 11.1. The molecule has 19 heteroatoms. The van der Waals surface area contributed by atoms with Crippen molar-refractivity contribution < 1.29 is 59.7 Å². The highest BCUT2D eigenvalue weighted by atomic mass is 19.4. The van der Waals surface area contributed by atoms with Crippen molar-refractivity contribution in [2.75, 3.05) is 30.0 Å². The number of aromatic nitrogens is 2. The number of ketones is 1. The van der Waals surface area contributed by atoms with Crippen LogP contribution in [0.4, 0.5) is 47.6 Å². The number of carbonyl (C=O) groups is 4. The monoisotopic (exact) mass is 1060 g/mol. The van der Waals surface area contributed by atoms with Gasteiger partial charge in [0, 0.05) is 68.0 Å². The van der Waals surface area contributed by atoms with Crippen molar-refractivity contribution >= 4 is 35.6 Å². The lowest BCUT2D eigenvalue weighted by molar-refractivity contribution is -0.142. The number of methoxy groups -OCH3 is 1. The molecule has 13 nitrogen and oxygen atoms in total. The molecule has 76 heavy (non-hydrogen) atoms. The zero-order valence-corrected chi connectivity index (χ0v) is 44.8. The highest BCUT2D eigenvalue weighted by molar-refractivity contribution is 5.79. The van der Waals surface area contributed by atoms with Crippen molar-refractivity contribution in [3.05, 3.63) is 117 Å². The summed E-state index contributed by atoms with van der Waals surface area (Å²) in [5.41, 5.74) is 3.65.